The number of ether oxygens (including phenoxy) is 4. The number of nitrogens with zero attached hydrogens (tertiary/aromatic N) is 2. The Morgan fingerprint density at radius 2 is 1.00 bits per heavy atom. The number of cyclic esters (lactones) is 2. The van der Waals surface area contributed by atoms with Crippen LogP contribution in [0.3, 0.4) is 0 Å². The second-order valence-electron chi connectivity index (χ2n) is 15.1. The van der Waals surface area contributed by atoms with Crippen LogP contribution in [-0.2, 0) is 76.9 Å². The Hall–Kier alpha value is -7.56. The number of rotatable bonds is 16. The molecule has 2 fully saturated rings. The average molecular weight is 839 g/mol. The van der Waals surface area contributed by atoms with E-state index in [0.29, 0.717) is 0 Å². The zero-order valence-corrected chi connectivity index (χ0v) is 33.2. The fourth-order valence-corrected chi connectivity index (χ4v) is 7.57. The van der Waals surface area contributed by atoms with Gasteiger partial charge >= 0.3 is 24.1 Å². The minimum atomic E-state index is -1.07. The summed E-state index contributed by atoms with van der Waals surface area (Å²) in [5.74, 6) is -2.57. The van der Waals surface area contributed by atoms with Gasteiger partial charge in [-0.05, 0) is 57.6 Å². The van der Waals surface area contributed by atoms with Crippen molar-refractivity contribution in [1.82, 2.24) is 19.8 Å². The Kier molecular flexibility index (Phi) is 11.9. The molecule has 4 heterocycles. The summed E-state index contributed by atoms with van der Waals surface area (Å²) in [5, 5.41) is 1.57. The molecule has 4 amide bonds. The highest BCUT2D eigenvalue weighted by Crippen LogP contribution is 2.27. The van der Waals surface area contributed by atoms with E-state index >= 15 is 0 Å². The van der Waals surface area contributed by atoms with E-state index in [0.717, 1.165) is 77.1 Å². The fourth-order valence-electron chi connectivity index (χ4n) is 7.57. The number of aromatic nitrogens is 2. The van der Waals surface area contributed by atoms with Gasteiger partial charge in [0.1, 0.15) is 0 Å². The van der Waals surface area contributed by atoms with Crippen LogP contribution in [0.2, 0.25) is 0 Å². The van der Waals surface area contributed by atoms with Crippen molar-refractivity contribution < 1.29 is 47.7 Å². The van der Waals surface area contributed by atoms with Gasteiger partial charge in [-0.3, -0.25) is 21.1 Å². The van der Waals surface area contributed by atoms with Crippen molar-refractivity contribution in [1.29, 1.82) is 0 Å². The van der Waals surface area contributed by atoms with Crippen molar-refractivity contribution in [3.05, 3.63) is 155 Å². The Morgan fingerprint density at radius 1 is 0.597 bits per heavy atom. The van der Waals surface area contributed by atoms with Crippen molar-refractivity contribution in [2.75, 3.05) is 0 Å². The topological polar surface area (TPSA) is 229 Å². The predicted octanol–water partition coefficient (Wildman–Crippen LogP) is 4.83. The number of carbonyl (C=O) groups excluding carboxylic acids is 6. The summed E-state index contributed by atoms with van der Waals surface area (Å²) in [6.07, 6.45) is 0.418. The maximum absolute atomic E-state index is 13.1. The zero-order valence-electron chi connectivity index (χ0n) is 33.2. The van der Waals surface area contributed by atoms with Crippen LogP contribution in [0.4, 0.5) is 9.59 Å². The third kappa shape index (κ3) is 9.41. The van der Waals surface area contributed by atoms with Crippen molar-refractivity contribution in [2.24, 2.45) is 11.5 Å². The molecule has 4 aromatic carbocycles. The largest absolute Gasteiger partial charge is 0.443 e. The lowest BCUT2D eigenvalue weighted by molar-refractivity contribution is -0.145. The Morgan fingerprint density at radius 3 is 1.40 bits per heavy atom. The molecule has 0 spiro atoms. The van der Waals surface area contributed by atoms with Gasteiger partial charge < -0.3 is 28.9 Å². The van der Waals surface area contributed by atoms with Crippen molar-refractivity contribution in [3.63, 3.8) is 0 Å². The molecular formula is C46H42N6O10. The summed E-state index contributed by atoms with van der Waals surface area (Å²) in [5.41, 5.74) is 18.5. The molecule has 2 saturated heterocycles. The van der Waals surface area contributed by atoms with Crippen LogP contribution >= 0.6 is 0 Å². The third-order valence-corrected chi connectivity index (χ3v) is 10.6. The number of aromatic amines is 2. The van der Waals surface area contributed by atoms with Crippen molar-refractivity contribution in [3.8, 4) is 0 Å². The van der Waals surface area contributed by atoms with Crippen LogP contribution in [0.25, 0.3) is 21.8 Å². The van der Waals surface area contributed by atoms with Crippen molar-refractivity contribution >= 4 is 57.7 Å². The molecule has 0 aliphatic carbocycles. The fraction of sp³-hybridized carbons (Fsp3) is 0.217. The molecule has 2 aliphatic rings. The van der Waals surface area contributed by atoms with E-state index in [1.165, 1.54) is 0 Å². The summed E-state index contributed by atoms with van der Waals surface area (Å²) in [7, 11) is 0. The molecule has 0 saturated carbocycles. The van der Waals surface area contributed by atoms with Crippen LogP contribution in [0.15, 0.2) is 122 Å². The molecule has 8 rings (SSSR count). The predicted molar refractivity (Wildman–Crippen MR) is 223 cm³/mol. The molecule has 2 aliphatic heterocycles. The van der Waals surface area contributed by atoms with E-state index < -0.39 is 60.6 Å². The smallest absolute Gasteiger partial charge is 0.417 e. The molecule has 4 atom stereocenters. The SMILES string of the molecule is NC(Cc1c[nH]c2ccc(CC3OC(=O)N(Cc4ccccc4)C3=O)cc12)OC(=O)/C=C\C(=O)OC(N)Cc1c[nH]c2ccc(CC3OC(=O)N(Cc4ccccc4)C3=O)cc12. The van der Waals surface area contributed by atoms with E-state index in [1.54, 1.807) is 12.4 Å². The van der Waals surface area contributed by atoms with Crippen LogP contribution in [-0.4, -0.2) is 80.4 Å². The Labute approximate surface area is 354 Å². The van der Waals surface area contributed by atoms with E-state index in [9.17, 15) is 28.8 Å². The first kappa shape index (κ1) is 41.2. The molecule has 4 unspecified atom stereocenters. The van der Waals surface area contributed by atoms with E-state index in [2.05, 4.69) is 9.97 Å². The van der Waals surface area contributed by atoms with Gasteiger partial charge in [-0.25, -0.2) is 29.0 Å². The summed E-state index contributed by atoms with van der Waals surface area (Å²) in [6, 6.07) is 29.4. The number of amides is 4. The van der Waals surface area contributed by atoms with Gasteiger partial charge in [0.15, 0.2) is 24.7 Å². The summed E-state index contributed by atoms with van der Waals surface area (Å²) in [4.78, 5) is 84.9. The first-order valence-corrected chi connectivity index (χ1v) is 19.9. The van der Waals surface area contributed by atoms with Crippen molar-refractivity contribution in [2.45, 2.75) is 63.4 Å². The molecule has 0 radical (unpaired) electrons. The molecule has 16 nitrogen and oxygen atoms in total. The maximum atomic E-state index is 13.1. The first-order valence-electron chi connectivity index (χ1n) is 19.9. The monoisotopic (exact) mass is 838 g/mol. The number of H-pyrrole nitrogens is 2. The molecule has 2 aromatic heterocycles. The molecule has 316 valence electrons. The maximum Gasteiger partial charge on any atom is 0.417 e. The Balaban J connectivity index is 0.809. The molecule has 16 heteroatoms. The lowest BCUT2D eigenvalue weighted by Crippen LogP contribution is -2.31. The highest BCUT2D eigenvalue weighted by Gasteiger charge is 2.41. The van der Waals surface area contributed by atoms with Gasteiger partial charge in [-0.2, -0.15) is 0 Å². The number of benzene rings is 4. The van der Waals surface area contributed by atoms with Gasteiger partial charge in [-0.15, -0.1) is 0 Å². The highest BCUT2D eigenvalue weighted by atomic mass is 16.6. The minimum Gasteiger partial charge on any atom is -0.443 e. The summed E-state index contributed by atoms with van der Waals surface area (Å²) < 4.78 is 21.5. The molecule has 0 bridgehead atoms. The first-order chi connectivity index (χ1) is 30.0. The molecule has 6 aromatic rings. The van der Waals surface area contributed by atoms with Crippen LogP contribution in [0.5, 0.6) is 0 Å². The number of nitrogens with two attached hydrogens (primary N) is 2. The molecular weight excluding hydrogens is 797 g/mol. The molecule has 6 N–H and O–H groups in total. The van der Waals surface area contributed by atoms with Gasteiger partial charge in [0.25, 0.3) is 11.8 Å². The highest BCUT2D eigenvalue weighted by molar-refractivity contribution is 6.01. The second-order valence-corrected chi connectivity index (χ2v) is 15.1. The summed E-state index contributed by atoms with van der Waals surface area (Å²) >= 11 is 0. The lowest BCUT2D eigenvalue weighted by atomic mass is 10.0. The van der Waals surface area contributed by atoms with E-state index in [-0.39, 0.29) is 38.8 Å². The lowest BCUT2D eigenvalue weighted by Gasteiger charge is -2.13. The number of imide groups is 2. The minimum absolute atomic E-state index is 0.121. The van der Waals surface area contributed by atoms with Gasteiger partial charge in [0.05, 0.1) is 13.1 Å². The van der Waals surface area contributed by atoms with Gasteiger partial charge in [-0.1, -0.05) is 72.8 Å². The van der Waals surface area contributed by atoms with Gasteiger partial charge in [0.2, 0.25) is 0 Å². The number of hydrogen-bond donors (Lipinski definition) is 4. The quantitative estimate of drug-likeness (QED) is 0.0445. The third-order valence-electron chi connectivity index (χ3n) is 10.6. The van der Waals surface area contributed by atoms with Crippen LogP contribution in [0.1, 0.15) is 33.4 Å². The average Bonchev–Trinajstić information content (AvgIpc) is 3.99. The second kappa shape index (κ2) is 18.0. The normalized spacial score (nSPS) is 17.5. The van der Waals surface area contributed by atoms with Crippen LogP contribution in [0, 0.1) is 0 Å². The van der Waals surface area contributed by atoms with E-state index in [4.69, 9.17) is 30.4 Å². The summed E-state index contributed by atoms with van der Waals surface area (Å²) in [6.45, 7) is 0.241. The Bertz CT molecular complexity index is 2510. The number of carbonyl (C=O) groups is 6. The van der Waals surface area contributed by atoms with Crippen LogP contribution < -0.4 is 11.5 Å². The van der Waals surface area contributed by atoms with E-state index in [1.807, 2.05) is 97.1 Å². The number of nitrogens with one attached hydrogen (secondary N) is 2. The zero-order chi connectivity index (χ0) is 43.3. The standard InChI is InChI=1S/C46H42N6O10/c47-39(21-31-23-49-35-13-11-29(17-33(31)35)19-37-43(55)51(45(57)59-37)25-27-7-3-1-4-8-27)61-41(53)15-16-42(54)62-40(48)22-32-24-50-36-14-12-30(18-34(32)36)20-38-44(56)52(46(58)60-38)26-28-9-5-2-6-10-28/h1-18,23-24,37-40,49-50H,19-22,25-26,47-48H2/b16-15-. The number of hydrogen-bond acceptors (Lipinski definition) is 12. The molecule has 62 heavy (non-hydrogen) atoms. The number of esters is 2. The van der Waals surface area contributed by atoms with Gasteiger partial charge in [0, 0.05) is 72.0 Å². The number of fused-ring (bicyclic) bond motifs is 2.